The van der Waals surface area contributed by atoms with E-state index in [1.807, 2.05) is 12.1 Å². The number of anilines is 1. The number of aromatic nitrogens is 2. The number of benzene rings is 1. The van der Waals surface area contributed by atoms with Gasteiger partial charge in [0, 0.05) is 5.39 Å². The first kappa shape index (κ1) is 13.2. The topological polar surface area (TPSA) is 114 Å². The van der Waals surface area contributed by atoms with Gasteiger partial charge in [-0.3, -0.25) is 0 Å². The van der Waals surface area contributed by atoms with Crippen LogP contribution in [-0.4, -0.2) is 34.1 Å². The van der Waals surface area contributed by atoms with Crippen molar-refractivity contribution in [1.29, 1.82) is 10.5 Å². The summed E-state index contributed by atoms with van der Waals surface area (Å²) < 4.78 is 0. The van der Waals surface area contributed by atoms with Crippen molar-refractivity contribution in [2.75, 3.05) is 18.0 Å². The van der Waals surface area contributed by atoms with Gasteiger partial charge in [-0.15, -0.1) is 0 Å². The van der Waals surface area contributed by atoms with Gasteiger partial charge in [-0.25, -0.2) is 14.8 Å². The van der Waals surface area contributed by atoms with Crippen molar-refractivity contribution < 1.29 is 9.90 Å². The number of carboxylic acids is 1. The minimum atomic E-state index is -1.04. The first-order valence-electron chi connectivity index (χ1n) is 5.64. The Balaban J connectivity index is 2.57. The molecule has 0 fully saturated rings. The van der Waals surface area contributed by atoms with E-state index in [0.29, 0.717) is 16.7 Å². The maximum absolute atomic E-state index is 10.9. The molecule has 0 saturated carbocycles. The van der Waals surface area contributed by atoms with Gasteiger partial charge in [-0.1, -0.05) is 0 Å². The molecule has 1 aromatic carbocycles. The second-order valence-electron chi connectivity index (χ2n) is 3.91. The van der Waals surface area contributed by atoms with E-state index in [4.69, 9.17) is 15.6 Å². The van der Waals surface area contributed by atoms with Crippen LogP contribution in [0.1, 0.15) is 10.4 Å². The van der Waals surface area contributed by atoms with Gasteiger partial charge in [0.05, 0.1) is 23.2 Å². The van der Waals surface area contributed by atoms with Gasteiger partial charge in [0.1, 0.15) is 25.2 Å². The Morgan fingerprint density at radius 1 is 1.25 bits per heavy atom. The zero-order valence-electron chi connectivity index (χ0n) is 10.3. The smallest absolute Gasteiger partial charge is 0.335 e. The lowest BCUT2D eigenvalue weighted by molar-refractivity contribution is 0.0697. The quantitative estimate of drug-likeness (QED) is 0.827. The third-order valence-corrected chi connectivity index (χ3v) is 2.69. The van der Waals surface area contributed by atoms with Crippen molar-refractivity contribution in [3.05, 3.63) is 30.1 Å². The highest BCUT2D eigenvalue weighted by Crippen LogP contribution is 2.23. The second-order valence-corrected chi connectivity index (χ2v) is 3.91. The third-order valence-electron chi connectivity index (χ3n) is 2.69. The van der Waals surface area contributed by atoms with E-state index in [2.05, 4.69) is 9.97 Å². The summed E-state index contributed by atoms with van der Waals surface area (Å²) in [6.45, 7) is 0.0285. The molecule has 7 heteroatoms. The minimum absolute atomic E-state index is 0.0142. The lowest BCUT2D eigenvalue weighted by Crippen LogP contribution is -2.25. The van der Waals surface area contributed by atoms with Crippen molar-refractivity contribution in [2.45, 2.75) is 0 Å². The Morgan fingerprint density at radius 2 is 1.95 bits per heavy atom. The molecular weight excluding hydrogens is 258 g/mol. The number of carboxylic acid groups (broad SMARTS) is 1. The van der Waals surface area contributed by atoms with Crippen LogP contribution in [0.2, 0.25) is 0 Å². The number of aromatic carboxylic acids is 1. The van der Waals surface area contributed by atoms with Crippen molar-refractivity contribution in [3.8, 4) is 12.1 Å². The van der Waals surface area contributed by atoms with E-state index >= 15 is 0 Å². The number of carbonyl (C=O) groups is 1. The molecule has 0 spiro atoms. The molecule has 1 N–H and O–H groups in total. The van der Waals surface area contributed by atoms with Crippen LogP contribution in [0.15, 0.2) is 24.5 Å². The van der Waals surface area contributed by atoms with Crippen LogP contribution in [0.3, 0.4) is 0 Å². The standard InChI is InChI=1S/C13H9N5O2/c14-3-5-18(6-4-15)12-10-2-1-9(13(19)20)7-11(10)16-8-17-12/h1-2,7-8H,5-6H2,(H,19,20). The van der Waals surface area contributed by atoms with Crippen LogP contribution < -0.4 is 4.90 Å². The summed E-state index contributed by atoms with van der Waals surface area (Å²) in [4.78, 5) is 20.5. The molecule has 0 atom stereocenters. The van der Waals surface area contributed by atoms with E-state index in [1.54, 1.807) is 6.07 Å². The Morgan fingerprint density at radius 3 is 2.55 bits per heavy atom. The Bertz CT molecular complexity index is 728. The van der Waals surface area contributed by atoms with Crippen LogP contribution in [0, 0.1) is 22.7 Å². The molecule has 1 aromatic heterocycles. The average Bonchev–Trinajstić information content (AvgIpc) is 2.45. The molecular formula is C13H9N5O2. The number of hydrogen-bond donors (Lipinski definition) is 1. The van der Waals surface area contributed by atoms with Crippen LogP contribution in [0.4, 0.5) is 5.82 Å². The highest BCUT2D eigenvalue weighted by molar-refractivity contribution is 5.96. The fourth-order valence-electron chi connectivity index (χ4n) is 1.80. The van der Waals surface area contributed by atoms with Gasteiger partial charge in [0.15, 0.2) is 0 Å². The summed E-state index contributed by atoms with van der Waals surface area (Å²) in [5, 5.41) is 27.1. The van der Waals surface area contributed by atoms with Gasteiger partial charge in [-0.05, 0) is 18.2 Å². The van der Waals surface area contributed by atoms with Gasteiger partial charge in [-0.2, -0.15) is 10.5 Å². The largest absolute Gasteiger partial charge is 0.478 e. The monoisotopic (exact) mass is 267 g/mol. The molecule has 0 radical (unpaired) electrons. The molecule has 0 aliphatic rings. The number of rotatable bonds is 4. The van der Waals surface area contributed by atoms with Gasteiger partial charge < -0.3 is 10.0 Å². The summed E-state index contributed by atoms with van der Waals surface area (Å²) in [6.07, 6.45) is 1.28. The lowest BCUT2D eigenvalue weighted by Gasteiger charge is -2.18. The molecule has 0 amide bonds. The van der Waals surface area contributed by atoms with E-state index in [9.17, 15) is 4.79 Å². The zero-order valence-corrected chi connectivity index (χ0v) is 10.3. The Hall–Kier alpha value is -3.19. The highest BCUT2D eigenvalue weighted by Gasteiger charge is 2.13. The first-order chi connectivity index (χ1) is 9.67. The fraction of sp³-hybridized carbons (Fsp3) is 0.154. The second kappa shape index (κ2) is 5.63. The Labute approximate surface area is 114 Å². The van der Waals surface area contributed by atoms with Crippen molar-refractivity contribution in [2.24, 2.45) is 0 Å². The van der Waals surface area contributed by atoms with Crippen LogP contribution in [0.25, 0.3) is 10.9 Å². The van der Waals surface area contributed by atoms with Crippen LogP contribution in [0.5, 0.6) is 0 Å². The summed E-state index contributed by atoms with van der Waals surface area (Å²) in [7, 11) is 0. The lowest BCUT2D eigenvalue weighted by atomic mass is 10.1. The number of nitrogens with zero attached hydrogens (tertiary/aromatic N) is 5. The summed E-state index contributed by atoms with van der Waals surface area (Å²) in [5.41, 5.74) is 0.574. The van der Waals surface area contributed by atoms with E-state index in [-0.39, 0.29) is 18.7 Å². The molecule has 0 unspecified atom stereocenters. The number of nitriles is 2. The summed E-state index contributed by atoms with van der Waals surface area (Å²) in [6, 6.07) is 8.38. The van der Waals surface area contributed by atoms with Crippen LogP contribution >= 0.6 is 0 Å². The first-order valence-corrected chi connectivity index (χ1v) is 5.64. The summed E-state index contributed by atoms with van der Waals surface area (Å²) in [5.74, 6) is -0.604. The molecule has 1 heterocycles. The molecule has 0 saturated heterocycles. The maximum atomic E-state index is 10.9. The predicted molar refractivity (Wildman–Crippen MR) is 69.9 cm³/mol. The van der Waals surface area contributed by atoms with Crippen molar-refractivity contribution in [3.63, 3.8) is 0 Å². The average molecular weight is 267 g/mol. The van der Waals surface area contributed by atoms with Crippen molar-refractivity contribution >= 4 is 22.7 Å². The van der Waals surface area contributed by atoms with Crippen LogP contribution in [-0.2, 0) is 0 Å². The van der Waals surface area contributed by atoms with E-state index in [0.717, 1.165) is 0 Å². The molecule has 0 aliphatic carbocycles. The van der Waals surface area contributed by atoms with Gasteiger partial charge in [0.2, 0.25) is 0 Å². The van der Waals surface area contributed by atoms with Gasteiger partial charge in [0.25, 0.3) is 0 Å². The van der Waals surface area contributed by atoms with E-state index in [1.165, 1.54) is 23.4 Å². The molecule has 7 nitrogen and oxygen atoms in total. The molecule has 2 rings (SSSR count). The number of hydrogen-bond acceptors (Lipinski definition) is 6. The molecule has 20 heavy (non-hydrogen) atoms. The van der Waals surface area contributed by atoms with Gasteiger partial charge >= 0.3 is 5.97 Å². The molecule has 2 aromatic rings. The maximum Gasteiger partial charge on any atom is 0.335 e. The van der Waals surface area contributed by atoms with Crippen molar-refractivity contribution in [1.82, 2.24) is 9.97 Å². The summed E-state index contributed by atoms with van der Waals surface area (Å²) >= 11 is 0. The molecule has 0 bridgehead atoms. The normalized spacial score (nSPS) is 9.70. The zero-order chi connectivity index (χ0) is 14.5. The fourth-order valence-corrected chi connectivity index (χ4v) is 1.80. The minimum Gasteiger partial charge on any atom is -0.478 e. The highest BCUT2D eigenvalue weighted by atomic mass is 16.4. The van der Waals surface area contributed by atoms with E-state index < -0.39 is 5.97 Å². The third kappa shape index (κ3) is 2.47. The molecule has 98 valence electrons. The SMILES string of the molecule is N#CCN(CC#N)c1ncnc2cc(C(=O)O)ccc12. The Kier molecular flexibility index (Phi) is 3.73. The predicted octanol–water partition coefficient (Wildman–Crippen LogP) is 1.18. The number of fused-ring (bicyclic) bond motifs is 1. The molecule has 0 aliphatic heterocycles.